The van der Waals surface area contributed by atoms with Crippen LogP contribution in [0.15, 0.2) is 4.63 Å². The van der Waals surface area contributed by atoms with Crippen molar-refractivity contribution < 1.29 is 9.42 Å². The number of hydrogen-bond donors (Lipinski definition) is 1. The minimum atomic E-state index is -0.189. The van der Waals surface area contributed by atoms with Gasteiger partial charge in [0.05, 0.1) is 6.04 Å². The number of nitrogens with one attached hydrogen (secondary N) is 1. The second kappa shape index (κ2) is 5.16. The minimum Gasteiger partial charge on any atom is -0.316 e. The van der Waals surface area contributed by atoms with E-state index in [0.717, 1.165) is 29.2 Å². The van der Waals surface area contributed by atoms with Crippen molar-refractivity contribution in [1.82, 2.24) is 25.4 Å². The molecule has 0 spiro atoms. The maximum atomic E-state index is 12.3. The molecule has 20 heavy (non-hydrogen) atoms. The molecule has 0 aliphatic carbocycles. The van der Waals surface area contributed by atoms with Crippen molar-refractivity contribution in [2.75, 3.05) is 11.9 Å². The third kappa shape index (κ3) is 2.36. The largest absolute Gasteiger partial charge is 0.324 e. The SMILES string of the molecule is Cc1nnc(NC(=O)N2CCCC2c2nonc2C)s1. The predicted octanol–water partition coefficient (Wildman–Crippen LogP) is 1.91. The van der Waals surface area contributed by atoms with E-state index in [1.54, 1.807) is 4.90 Å². The highest BCUT2D eigenvalue weighted by atomic mass is 32.1. The van der Waals surface area contributed by atoms with Crippen molar-refractivity contribution in [2.24, 2.45) is 0 Å². The predicted molar refractivity (Wildman–Crippen MR) is 71.4 cm³/mol. The molecule has 2 aromatic rings. The van der Waals surface area contributed by atoms with Crippen LogP contribution in [0.1, 0.15) is 35.3 Å². The Morgan fingerprint density at radius 2 is 2.25 bits per heavy atom. The quantitative estimate of drug-likeness (QED) is 0.908. The molecule has 1 aliphatic rings. The number of hydrogen-bond acceptors (Lipinski definition) is 7. The zero-order valence-corrected chi connectivity index (χ0v) is 12.0. The third-order valence-electron chi connectivity index (χ3n) is 3.26. The lowest BCUT2D eigenvalue weighted by Crippen LogP contribution is -2.34. The van der Waals surface area contributed by atoms with Crippen LogP contribution in [-0.4, -0.2) is 38.0 Å². The molecule has 1 aliphatic heterocycles. The van der Waals surface area contributed by atoms with Gasteiger partial charge in [-0.2, -0.15) is 0 Å². The van der Waals surface area contributed by atoms with Gasteiger partial charge in [0, 0.05) is 6.54 Å². The van der Waals surface area contributed by atoms with E-state index in [1.807, 2.05) is 13.8 Å². The average Bonchev–Trinajstić information content (AvgIpc) is 3.10. The number of carbonyl (C=O) groups excluding carboxylic acids is 1. The Labute approximate surface area is 119 Å². The van der Waals surface area contributed by atoms with Crippen LogP contribution in [0.25, 0.3) is 0 Å². The van der Waals surface area contributed by atoms with Gasteiger partial charge < -0.3 is 4.90 Å². The topological polar surface area (TPSA) is 97.0 Å². The second-order valence-electron chi connectivity index (χ2n) is 4.64. The fraction of sp³-hybridized carbons (Fsp3) is 0.545. The summed E-state index contributed by atoms with van der Waals surface area (Å²) in [5.41, 5.74) is 1.45. The Balaban J connectivity index is 1.75. The molecule has 1 saturated heterocycles. The molecular formula is C11H14N6O2S. The second-order valence-corrected chi connectivity index (χ2v) is 5.82. The van der Waals surface area contributed by atoms with Gasteiger partial charge in [-0.3, -0.25) is 5.32 Å². The Morgan fingerprint density at radius 3 is 2.90 bits per heavy atom. The summed E-state index contributed by atoms with van der Waals surface area (Å²) in [6.45, 7) is 4.35. The number of anilines is 1. The first-order chi connectivity index (χ1) is 9.65. The highest BCUT2D eigenvalue weighted by molar-refractivity contribution is 7.15. The minimum absolute atomic E-state index is 0.0877. The molecule has 0 aromatic carbocycles. The van der Waals surface area contributed by atoms with Gasteiger partial charge in [-0.05, 0) is 26.7 Å². The Hall–Kier alpha value is -2.03. The number of carbonyl (C=O) groups is 1. The highest BCUT2D eigenvalue weighted by Crippen LogP contribution is 2.32. The molecule has 0 bridgehead atoms. The van der Waals surface area contributed by atoms with Crippen LogP contribution in [-0.2, 0) is 0 Å². The number of amides is 2. The molecule has 1 N–H and O–H groups in total. The van der Waals surface area contributed by atoms with E-state index in [1.165, 1.54) is 11.3 Å². The number of urea groups is 1. The molecule has 9 heteroatoms. The molecule has 2 aromatic heterocycles. The summed E-state index contributed by atoms with van der Waals surface area (Å²) in [4.78, 5) is 14.1. The number of likely N-dealkylation sites (tertiary alicyclic amines) is 1. The molecule has 0 saturated carbocycles. The summed E-state index contributed by atoms with van der Waals surface area (Å²) in [7, 11) is 0. The Morgan fingerprint density at radius 1 is 1.40 bits per heavy atom. The van der Waals surface area contributed by atoms with Crippen LogP contribution in [0.3, 0.4) is 0 Å². The third-order valence-corrected chi connectivity index (χ3v) is 4.01. The maximum absolute atomic E-state index is 12.3. The summed E-state index contributed by atoms with van der Waals surface area (Å²) in [6.07, 6.45) is 1.79. The van der Waals surface area contributed by atoms with E-state index in [2.05, 4.69) is 25.8 Å². The van der Waals surface area contributed by atoms with Gasteiger partial charge in [-0.1, -0.05) is 21.7 Å². The lowest BCUT2D eigenvalue weighted by molar-refractivity contribution is 0.203. The molecule has 8 nitrogen and oxygen atoms in total. The van der Waals surface area contributed by atoms with Gasteiger partial charge in [0.1, 0.15) is 16.4 Å². The van der Waals surface area contributed by atoms with Crippen molar-refractivity contribution in [1.29, 1.82) is 0 Å². The first kappa shape index (κ1) is 13.0. The monoisotopic (exact) mass is 294 g/mol. The molecule has 3 rings (SSSR count). The van der Waals surface area contributed by atoms with Crippen LogP contribution in [0.2, 0.25) is 0 Å². The highest BCUT2D eigenvalue weighted by Gasteiger charge is 2.33. The summed E-state index contributed by atoms with van der Waals surface area (Å²) >= 11 is 1.35. The van der Waals surface area contributed by atoms with Crippen LogP contribution in [0, 0.1) is 13.8 Å². The molecule has 1 fully saturated rings. The van der Waals surface area contributed by atoms with E-state index in [0.29, 0.717) is 11.7 Å². The number of aryl methyl sites for hydroxylation is 2. The average molecular weight is 294 g/mol. The fourth-order valence-corrected chi connectivity index (χ4v) is 2.93. The van der Waals surface area contributed by atoms with Crippen molar-refractivity contribution >= 4 is 22.5 Å². The van der Waals surface area contributed by atoms with Gasteiger partial charge >= 0.3 is 6.03 Å². The van der Waals surface area contributed by atoms with Gasteiger partial charge in [-0.15, -0.1) is 10.2 Å². The molecule has 2 amide bonds. The van der Waals surface area contributed by atoms with E-state index in [9.17, 15) is 4.79 Å². The number of aromatic nitrogens is 4. The summed E-state index contributed by atoms with van der Waals surface area (Å²) in [5.74, 6) is 0. The summed E-state index contributed by atoms with van der Waals surface area (Å²) < 4.78 is 4.73. The first-order valence-corrected chi connectivity index (χ1v) is 7.13. The van der Waals surface area contributed by atoms with Crippen molar-refractivity contribution in [3.63, 3.8) is 0 Å². The Kier molecular flexibility index (Phi) is 3.35. The van der Waals surface area contributed by atoms with Gasteiger partial charge in [0.25, 0.3) is 0 Å². The number of rotatable bonds is 2. The zero-order chi connectivity index (χ0) is 14.1. The van der Waals surface area contributed by atoms with E-state index < -0.39 is 0 Å². The Bertz CT molecular complexity index is 624. The van der Waals surface area contributed by atoms with Crippen LogP contribution >= 0.6 is 11.3 Å². The van der Waals surface area contributed by atoms with E-state index in [4.69, 9.17) is 4.63 Å². The van der Waals surface area contributed by atoms with Crippen molar-refractivity contribution in [2.45, 2.75) is 32.7 Å². The van der Waals surface area contributed by atoms with Crippen molar-refractivity contribution in [3.05, 3.63) is 16.4 Å². The van der Waals surface area contributed by atoms with Gasteiger partial charge in [0.2, 0.25) is 5.13 Å². The van der Waals surface area contributed by atoms with Crippen LogP contribution in [0.4, 0.5) is 9.93 Å². The fourth-order valence-electron chi connectivity index (χ4n) is 2.34. The van der Waals surface area contributed by atoms with Gasteiger partial charge in [0.15, 0.2) is 0 Å². The molecular weight excluding hydrogens is 280 g/mol. The first-order valence-electron chi connectivity index (χ1n) is 6.32. The lowest BCUT2D eigenvalue weighted by Gasteiger charge is -2.22. The molecule has 106 valence electrons. The van der Waals surface area contributed by atoms with Crippen molar-refractivity contribution in [3.8, 4) is 0 Å². The zero-order valence-electron chi connectivity index (χ0n) is 11.2. The van der Waals surface area contributed by atoms with Crippen LogP contribution < -0.4 is 5.32 Å². The molecule has 3 heterocycles. The molecule has 0 radical (unpaired) electrons. The summed E-state index contributed by atoms with van der Waals surface area (Å²) in [6, 6.07) is -0.277. The maximum Gasteiger partial charge on any atom is 0.324 e. The number of nitrogens with zero attached hydrogens (tertiary/aromatic N) is 5. The van der Waals surface area contributed by atoms with Gasteiger partial charge in [-0.25, -0.2) is 9.42 Å². The lowest BCUT2D eigenvalue weighted by atomic mass is 10.1. The van der Waals surface area contributed by atoms with E-state index >= 15 is 0 Å². The standard InChI is InChI=1S/C11H14N6O2S/c1-6-9(16-19-15-6)8-4-3-5-17(8)11(18)12-10-14-13-7(2)20-10/h8H,3-5H2,1-2H3,(H,12,14,18). The normalized spacial score (nSPS) is 18.5. The molecule has 1 unspecified atom stereocenters. The molecule has 1 atom stereocenters. The van der Waals surface area contributed by atoms with E-state index in [-0.39, 0.29) is 12.1 Å². The van der Waals surface area contributed by atoms with Crippen LogP contribution in [0.5, 0.6) is 0 Å². The smallest absolute Gasteiger partial charge is 0.316 e. The summed E-state index contributed by atoms with van der Waals surface area (Å²) in [5, 5.41) is 19.6.